The summed E-state index contributed by atoms with van der Waals surface area (Å²) >= 11 is 0. The minimum atomic E-state index is -4.48. The molecule has 5 aromatic rings. The number of nitrogens with two attached hydrogens (primary N) is 1. The van der Waals surface area contributed by atoms with E-state index in [2.05, 4.69) is 47.0 Å². The van der Waals surface area contributed by atoms with E-state index in [4.69, 9.17) is 24.8 Å². The summed E-state index contributed by atoms with van der Waals surface area (Å²) in [4.78, 5) is 32.7. The van der Waals surface area contributed by atoms with E-state index in [1.165, 1.54) is 0 Å². The van der Waals surface area contributed by atoms with Crippen molar-refractivity contribution in [2.75, 3.05) is 19.8 Å². The van der Waals surface area contributed by atoms with E-state index < -0.39 is 32.4 Å². The Hall–Kier alpha value is -5.09. The molecule has 0 bridgehead atoms. The molecule has 0 spiro atoms. The fourth-order valence-corrected chi connectivity index (χ4v) is 5.84. The number of phosphoric ester groups is 1. The van der Waals surface area contributed by atoms with Gasteiger partial charge in [0.2, 0.25) is 0 Å². The Kier molecular flexibility index (Phi) is 12.7. The molecular formula is C39H38NO9P. The maximum Gasteiger partial charge on any atom is 0.472 e. The second-order valence-electron chi connectivity index (χ2n) is 11.4. The molecule has 4 N–H and O–H groups in total. The van der Waals surface area contributed by atoms with Gasteiger partial charge < -0.3 is 25.2 Å². The highest BCUT2D eigenvalue weighted by Gasteiger charge is 2.24. The number of carbonyl (C=O) groups is 2. The molecule has 0 aliphatic carbocycles. The summed E-state index contributed by atoms with van der Waals surface area (Å²) in [6, 6.07) is 41.2. The molecular weight excluding hydrogens is 657 g/mol. The van der Waals surface area contributed by atoms with Gasteiger partial charge >= 0.3 is 19.8 Å². The van der Waals surface area contributed by atoms with Crippen LogP contribution >= 0.6 is 7.82 Å². The maximum absolute atomic E-state index is 12.4. The Balaban J connectivity index is 1.16. The predicted octanol–water partition coefficient (Wildman–Crippen LogP) is 7.89. The van der Waals surface area contributed by atoms with Crippen molar-refractivity contribution in [3.63, 3.8) is 0 Å². The van der Waals surface area contributed by atoms with Gasteiger partial charge in [0.25, 0.3) is 0 Å². The third-order valence-corrected chi connectivity index (χ3v) is 8.66. The molecule has 0 saturated heterocycles. The summed E-state index contributed by atoms with van der Waals surface area (Å²) in [5.74, 6) is -0.547. The topological polar surface area (TPSA) is 155 Å². The summed E-state index contributed by atoms with van der Waals surface area (Å²) in [6.45, 7) is -0.973. The SMILES string of the molecule is N[C@@H](COP(=O)(O)OCCCOC(=O)CCc1ccccc1Oc1ccc(-c2cc(-c3ccccc3)cc(-c3ccccc3)c2)cc1)C(=O)O. The van der Waals surface area contributed by atoms with Gasteiger partial charge in [0, 0.05) is 12.8 Å². The molecule has 258 valence electrons. The number of carboxylic acids is 1. The lowest BCUT2D eigenvalue weighted by atomic mass is 9.93. The quantitative estimate of drug-likeness (QED) is 0.0497. The van der Waals surface area contributed by atoms with Gasteiger partial charge in [-0.2, -0.15) is 0 Å². The zero-order chi connectivity index (χ0) is 35.3. The number of ether oxygens (including phenoxy) is 2. The van der Waals surface area contributed by atoms with Crippen LogP contribution < -0.4 is 10.5 Å². The molecule has 0 aliphatic heterocycles. The summed E-state index contributed by atoms with van der Waals surface area (Å²) in [6.07, 6.45) is 0.600. The lowest BCUT2D eigenvalue weighted by Crippen LogP contribution is -2.34. The molecule has 5 rings (SSSR count). The first kappa shape index (κ1) is 36.2. The Labute approximate surface area is 290 Å². The van der Waals surface area contributed by atoms with Gasteiger partial charge in [0.15, 0.2) is 0 Å². The molecule has 1 unspecified atom stereocenters. The van der Waals surface area contributed by atoms with Crippen molar-refractivity contribution in [3.05, 3.63) is 133 Å². The average molecular weight is 696 g/mol. The number of hydrogen-bond donors (Lipinski definition) is 3. The second-order valence-corrected chi connectivity index (χ2v) is 12.8. The van der Waals surface area contributed by atoms with E-state index in [0.29, 0.717) is 17.9 Å². The first-order valence-corrected chi connectivity index (χ1v) is 17.5. The van der Waals surface area contributed by atoms with Crippen LogP contribution in [0, 0.1) is 0 Å². The van der Waals surface area contributed by atoms with Gasteiger partial charge in [-0.3, -0.25) is 18.6 Å². The third-order valence-electron chi connectivity index (χ3n) is 7.67. The van der Waals surface area contributed by atoms with E-state index in [0.717, 1.165) is 38.9 Å². The Morgan fingerprint density at radius 1 is 0.680 bits per heavy atom. The number of para-hydroxylation sites is 1. The van der Waals surface area contributed by atoms with Gasteiger partial charge in [-0.05, 0) is 81.8 Å². The van der Waals surface area contributed by atoms with Gasteiger partial charge in [-0.1, -0.05) is 91.0 Å². The van der Waals surface area contributed by atoms with Crippen molar-refractivity contribution < 1.29 is 42.7 Å². The van der Waals surface area contributed by atoms with E-state index in [1.807, 2.05) is 84.9 Å². The van der Waals surface area contributed by atoms with Crippen LogP contribution in [-0.2, 0) is 34.4 Å². The van der Waals surface area contributed by atoms with E-state index in [9.17, 15) is 19.0 Å². The first-order chi connectivity index (χ1) is 24.2. The predicted molar refractivity (Wildman–Crippen MR) is 191 cm³/mol. The Morgan fingerprint density at radius 2 is 1.22 bits per heavy atom. The highest BCUT2D eigenvalue weighted by Crippen LogP contribution is 2.43. The number of aryl methyl sites for hydroxylation is 1. The minimum Gasteiger partial charge on any atom is -0.480 e. The van der Waals surface area contributed by atoms with Crippen molar-refractivity contribution in [3.8, 4) is 44.9 Å². The first-order valence-electron chi connectivity index (χ1n) is 16.0. The minimum absolute atomic E-state index is 0.0426. The van der Waals surface area contributed by atoms with E-state index in [1.54, 1.807) is 0 Å². The third kappa shape index (κ3) is 10.7. The monoisotopic (exact) mass is 695 g/mol. The Bertz CT molecular complexity index is 1860. The molecule has 50 heavy (non-hydrogen) atoms. The zero-order valence-corrected chi connectivity index (χ0v) is 28.1. The van der Waals surface area contributed by atoms with Crippen LogP contribution in [0.1, 0.15) is 18.4 Å². The number of carbonyl (C=O) groups excluding carboxylic acids is 1. The largest absolute Gasteiger partial charge is 0.480 e. The smallest absolute Gasteiger partial charge is 0.472 e. The van der Waals surface area contributed by atoms with Gasteiger partial charge in [0.05, 0.1) is 19.8 Å². The summed E-state index contributed by atoms with van der Waals surface area (Å²) in [5.41, 5.74) is 12.7. The number of phosphoric acid groups is 1. The zero-order valence-electron chi connectivity index (χ0n) is 27.2. The van der Waals surface area contributed by atoms with Crippen molar-refractivity contribution in [1.82, 2.24) is 0 Å². The molecule has 0 saturated carbocycles. The number of benzene rings is 5. The van der Waals surface area contributed by atoms with Gasteiger partial charge in [-0.25, -0.2) is 4.57 Å². The summed E-state index contributed by atoms with van der Waals surface area (Å²) in [5, 5.41) is 8.72. The van der Waals surface area contributed by atoms with Crippen LogP contribution in [-0.4, -0.2) is 47.8 Å². The van der Waals surface area contributed by atoms with Crippen molar-refractivity contribution in [1.29, 1.82) is 0 Å². The van der Waals surface area contributed by atoms with Gasteiger partial charge in [-0.15, -0.1) is 0 Å². The second kappa shape index (κ2) is 17.5. The fourth-order valence-electron chi connectivity index (χ4n) is 5.06. The van der Waals surface area contributed by atoms with Crippen molar-refractivity contribution in [2.24, 2.45) is 5.73 Å². The number of carboxylic acid groups (broad SMARTS) is 1. The van der Waals surface area contributed by atoms with Crippen LogP contribution in [0.5, 0.6) is 11.5 Å². The van der Waals surface area contributed by atoms with Gasteiger partial charge in [0.1, 0.15) is 17.5 Å². The van der Waals surface area contributed by atoms with Crippen LogP contribution in [0.2, 0.25) is 0 Å². The number of aliphatic carboxylic acids is 1. The molecule has 5 aromatic carbocycles. The fraction of sp³-hybridized carbons (Fsp3) is 0.179. The maximum atomic E-state index is 12.4. The standard InChI is InChI=1S/C39H38NO9P/c40-36(39(42)43)27-48-50(44,45)47-23-9-22-46-38(41)21-18-31-14-7-8-15-37(31)49-35-19-16-30(17-20-35)34-25-32(28-10-3-1-4-11-28)24-33(26-34)29-12-5-2-6-13-29/h1-8,10-17,19-20,24-26,36H,9,18,21-23,27,40H2,(H,42,43)(H,44,45)/t36-/m0/s1. The van der Waals surface area contributed by atoms with E-state index >= 15 is 0 Å². The molecule has 2 atom stereocenters. The molecule has 0 aliphatic rings. The van der Waals surface area contributed by atoms with Crippen molar-refractivity contribution in [2.45, 2.75) is 25.3 Å². The summed E-state index contributed by atoms with van der Waals surface area (Å²) in [7, 11) is -4.48. The molecule has 0 heterocycles. The highest BCUT2D eigenvalue weighted by atomic mass is 31.2. The lowest BCUT2D eigenvalue weighted by molar-refractivity contribution is -0.143. The molecule has 0 fully saturated rings. The molecule has 0 amide bonds. The number of esters is 1. The lowest BCUT2D eigenvalue weighted by Gasteiger charge is -2.14. The average Bonchev–Trinajstić information content (AvgIpc) is 3.14. The number of rotatable bonds is 17. The van der Waals surface area contributed by atoms with Crippen LogP contribution in [0.25, 0.3) is 33.4 Å². The Morgan fingerprint density at radius 3 is 1.80 bits per heavy atom. The van der Waals surface area contributed by atoms with E-state index in [-0.39, 0.29) is 26.1 Å². The molecule has 11 heteroatoms. The molecule has 10 nitrogen and oxygen atoms in total. The van der Waals surface area contributed by atoms with Crippen LogP contribution in [0.4, 0.5) is 0 Å². The van der Waals surface area contributed by atoms with Crippen LogP contribution in [0.3, 0.4) is 0 Å². The van der Waals surface area contributed by atoms with Crippen molar-refractivity contribution >= 4 is 19.8 Å². The normalized spacial score (nSPS) is 12.8. The molecule has 0 aromatic heterocycles. The highest BCUT2D eigenvalue weighted by molar-refractivity contribution is 7.47. The summed E-state index contributed by atoms with van der Waals surface area (Å²) < 4.78 is 32.6. The molecule has 0 radical (unpaired) electrons. The van der Waals surface area contributed by atoms with Crippen LogP contribution in [0.15, 0.2) is 127 Å². The number of hydrogen-bond acceptors (Lipinski definition) is 8.